The van der Waals surface area contributed by atoms with Crippen molar-refractivity contribution in [3.05, 3.63) is 21.4 Å². The lowest BCUT2D eigenvalue weighted by atomic mass is 9.88. The molecule has 0 fully saturated rings. The van der Waals surface area contributed by atoms with Crippen LogP contribution in [0.25, 0.3) is 0 Å². The van der Waals surface area contributed by atoms with Crippen LogP contribution in [0.3, 0.4) is 0 Å². The molecule has 20 heavy (non-hydrogen) atoms. The van der Waals surface area contributed by atoms with Gasteiger partial charge in [0.25, 0.3) is 5.91 Å². The van der Waals surface area contributed by atoms with Crippen LogP contribution in [0.2, 0.25) is 0 Å². The van der Waals surface area contributed by atoms with E-state index in [2.05, 4.69) is 12.2 Å². The maximum absolute atomic E-state index is 12.5. The Bertz CT molecular complexity index is 483. The summed E-state index contributed by atoms with van der Waals surface area (Å²) in [6, 6.07) is 0. The Kier molecular flexibility index (Phi) is 4.86. The van der Waals surface area contributed by atoms with Crippen molar-refractivity contribution < 1.29 is 9.90 Å². The Balaban J connectivity index is 2.14. The molecule has 2 N–H and O–H groups in total. The van der Waals surface area contributed by atoms with Gasteiger partial charge in [0.2, 0.25) is 0 Å². The Morgan fingerprint density at radius 2 is 2.35 bits per heavy atom. The fourth-order valence-electron chi connectivity index (χ4n) is 2.78. The minimum absolute atomic E-state index is 0.0230. The summed E-state index contributed by atoms with van der Waals surface area (Å²) in [5.41, 5.74) is 1.80. The number of hydrogen-bond donors (Lipinski definition) is 2. The van der Waals surface area contributed by atoms with Crippen molar-refractivity contribution in [3.8, 4) is 0 Å². The largest absolute Gasteiger partial charge is 0.396 e. The van der Waals surface area contributed by atoms with Crippen molar-refractivity contribution in [2.24, 2.45) is 5.92 Å². The lowest BCUT2D eigenvalue weighted by Crippen LogP contribution is -2.46. The Labute approximate surface area is 125 Å². The zero-order chi connectivity index (χ0) is 14.8. The molecule has 0 saturated heterocycles. The molecule has 0 radical (unpaired) electrons. The number of rotatable bonds is 5. The van der Waals surface area contributed by atoms with E-state index in [4.69, 9.17) is 5.11 Å². The average Bonchev–Trinajstić information content (AvgIpc) is 2.81. The molecule has 1 amide bonds. The molecular formula is C16H25NO2S. The molecule has 0 bridgehead atoms. The van der Waals surface area contributed by atoms with Crippen LogP contribution >= 0.6 is 11.3 Å². The first-order valence-electron chi connectivity index (χ1n) is 7.51. The first-order chi connectivity index (χ1) is 9.49. The lowest BCUT2D eigenvalue weighted by Gasteiger charge is -2.29. The summed E-state index contributed by atoms with van der Waals surface area (Å²) in [6.45, 7) is 6.42. The molecule has 0 aromatic carbocycles. The normalized spacial score (nSPS) is 21.1. The molecular weight excluding hydrogens is 270 g/mol. The molecule has 1 heterocycles. The van der Waals surface area contributed by atoms with Gasteiger partial charge in [-0.2, -0.15) is 0 Å². The topological polar surface area (TPSA) is 49.3 Å². The van der Waals surface area contributed by atoms with Crippen molar-refractivity contribution in [2.75, 3.05) is 6.61 Å². The van der Waals surface area contributed by atoms with Gasteiger partial charge in [0, 0.05) is 22.4 Å². The van der Waals surface area contributed by atoms with Crippen LogP contribution in [0.4, 0.5) is 0 Å². The molecule has 1 aliphatic carbocycles. The zero-order valence-corrected chi connectivity index (χ0v) is 13.5. The van der Waals surface area contributed by atoms with Gasteiger partial charge in [-0.25, -0.2) is 0 Å². The average molecular weight is 295 g/mol. The van der Waals surface area contributed by atoms with Crippen LogP contribution in [0.5, 0.6) is 0 Å². The highest BCUT2D eigenvalue weighted by molar-refractivity contribution is 7.10. The monoisotopic (exact) mass is 295 g/mol. The van der Waals surface area contributed by atoms with E-state index in [-0.39, 0.29) is 18.1 Å². The van der Waals surface area contributed by atoms with Gasteiger partial charge in [0.1, 0.15) is 0 Å². The maximum Gasteiger partial charge on any atom is 0.252 e. The summed E-state index contributed by atoms with van der Waals surface area (Å²) in [7, 11) is 0. The number of nitrogens with one attached hydrogen (secondary N) is 1. The molecule has 2 atom stereocenters. The van der Waals surface area contributed by atoms with Crippen molar-refractivity contribution in [2.45, 2.75) is 58.4 Å². The van der Waals surface area contributed by atoms with Gasteiger partial charge < -0.3 is 10.4 Å². The minimum Gasteiger partial charge on any atom is -0.396 e. The number of aliphatic hydroxyl groups excluding tert-OH is 1. The van der Waals surface area contributed by atoms with Crippen LogP contribution < -0.4 is 5.32 Å². The fourth-order valence-corrected chi connectivity index (χ4v) is 4.03. The van der Waals surface area contributed by atoms with E-state index >= 15 is 0 Å². The maximum atomic E-state index is 12.5. The standard InChI is InChI=1S/C16H25NO2S/c1-4-16(3,7-8-18)17-15(19)13-10-20-14-9-11(2)5-6-12(13)14/h10-11,18H,4-9H2,1-3H3,(H,17,19). The number of fused-ring (bicyclic) bond motifs is 1. The molecule has 2 rings (SSSR count). The summed E-state index contributed by atoms with van der Waals surface area (Å²) in [5, 5.41) is 14.3. The molecule has 1 aromatic heterocycles. The first-order valence-corrected chi connectivity index (χ1v) is 8.39. The second-order valence-corrected chi connectivity index (χ2v) is 7.21. The molecule has 4 heteroatoms. The lowest BCUT2D eigenvalue weighted by molar-refractivity contribution is 0.0885. The predicted molar refractivity (Wildman–Crippen MR) is 83.4 cm³/mol. The van der Waals surface area contributed by atoms with Crippen LogP contribution in [0.1, 0.15) is 60.8 Å². The van der Waals surface area contributed by atoms with Crippen molar-refractivity contribution in [3.63, 3.8) is 0 Å². The van der Waals surface area contributed by atoms with Crippen molar-refractivity contribution >= 4 is 17.2 Å². The summed E-state index contributed by atoms with van der Waals surface area (Å²) < 4.78 is 0. The van der Waals surface area contributed by atoms with E-state index in [1.54, 1.807) is 11.3 Å². The first kappa shape index (κ1) is 15.5. The van der Waals surface area contributed by atoms with Crippen molar-refractivity contribution in [1.82, 2.24) is 5.32 Å². The number of thiophene rings is 1. The third kappa shape index (κ3) is 3.23. The van der Waals surface area contributed by atoms with Gasteiger partial charge in [0.05, 0.1) is 5.56 Å². The summed E-state index contributed by atoms with van der Waals surface area (Å²) in [6.07, 6.45) is 4.72. The van der Waals surface area contributed by atoms with Gasteiger partial charge >= 0.3 is 0 Å². The molecule has 0 aliphatic heterocycles. The summed E-state index contributed by atoms with van der Waals surface area (Å²) in [5.74, 6) is 0.752. The molecule has 3 nitrogen and oxygen atoms in total. The predicted octanol–water partition coefficient (Wildman–Crippen LogP) is 3.15. The Hall–Kier alpha value is -0.870. The van der Waals surface area contributed by atoms with Gasteiger partial charge in [-0.15, -0.1) is 11.3 Å². The minimum atomic E-state index is -0.317. The number of hydrogen-bond acceptors (Lipinski definition) is 3. The van der Waals surface area contributed by atoms with Crippen LogP contribution in [-0.2, 0) is 12.8 Å². The molecule has 0 saturated carbocycles. The molecule has 0 spiro atoms. The molecule has 1 aromatic rings. The molecule has 112 valence electrons. The van der Waals surface area contributed by atoms with Gasteiger partial charge in [-0.3, -0.25) is 4.79 Å². The Morgan fingerprint density at radius 1 is 1.60 bits per heavy atom. The Morgan fingerprint density at radius 3 is 3.00 bits per heavy atom. The van der Waals surface area contributed by atoms with E-state index in [0.29, 0.717) is 6.42 Å². The van der Waals surface area contributed by atoms with Gasteiger partial charge in [-0.05, 0) is 50.5 Å². The number of carbonyl (C=O) groups is 1. The molecule has 1 aliphatic rings. The van der Waals surface area contributed by atoms with E-state index in [0.717, 1.165) is 30.7 Å². The van der Waals surface area contributed by atoms with Crippen LogP contribution in [-0.4, -0.2) is 23.2 Å². The second-order valence-electron chi connectivity index (χ2n) is 6.24. The van der Waals surface area contributed by atoms with Crippen LogP contribution in [0, 0.1) is 5.92 Å². The second kappa shape index (κ2) is 6.27. The van der Waals surface area contributed by atoms with Crippen molar-refractivity contribution in [1.29, 1.82) is 0 Å². The van der Waals surface area contributed by atoms with Crippen LogP contribution in [0.15, 0.2) is 5.38 Å². The molecule has 2 unspecified atom stereocenters. The zero-order valence-electron chi connectivity index (χ0n) is 12.7. The quantitative estimate of drug-likeness (QED) is 0.876. The summed E-state index contributed by atoms with van der Waals surface area (Å²) >= 11 is 1.72. The third-order valence-electron chi connectivity index (χ3n) is 4.51. The fraction of sp³-hybridized carbons (Fsp3) is 0.688. The van der Waals surface area contributed by atoms with Gasteiger partial charge in [0.15, 0.2) is 0 Å². The number of carbonyl (C=O) groups excluding carboxylic acids is 1. The number of amides is 1. The smallest absolute Gasteiger partial charge is 0.252 e. The highest BCUT2D eigenvalue weighted by Gasteiger charge is 2.28. The van der Waals surface area contributed by atoms with E-state index in [9.17, 15) is 4.79 Å². The van der Waals surface area contributed by atoms with Gasteiger partial charge in [-0.1, -0.05) is 13.8 Å². The van der Waals surface area contributed by atoms with E-state index in [1.807, 2.05) is 19.2 Å². The third-order valence-corrected chi connectivity index (χ3v) is 5.56. The SMILES string of the molecule is CCC(C)(CCO)NC(=O)c1csc2c1CCC(C)C2. The highest BCUT2D eigenvalue weighted by Crippen LogP contribution is 2.33. The van der Waals surface area contributed by atoms with E-state index < -0.39 is 0 Å². The van der Waals surface area contributed by atoms with E-state index in [1.165, 1.54) is 16.9 Å². The summed E-state index contributed by atoms with van der Waals surface area (Å²) in [4.78, 5) is 13.9. The number of aliphatic hydroxyl groups is 1. The highest BCUT2D eigenvalue weighted by atomic mass is 32.1.